The highest BCUT2D eigenvalue weighted by Gasteiger charge is 2.14. The number of nitrogens with one attached hydrogen (secondary N) is 1. The van der Waals surface area contributed by atoms with Crippen LogP contribution in [0.1, 0.15) is 24.1 Å². The van der Waals surface area contributed by atoms with Gasteiger partial charge in [0.1, 0.15) is 11.8 Å². The molecule has 1 atom stereocenters. The van der Waals surface area contributed by atoms with Gasteiger partial charge >= 0.3 is 0 Å². The lowest BCUT2D eigenvalue weighted by Gasteiger charge is -2.10. The maximum absolute atomic E-state index is 8.71. The Morgan fingerprint density at radius 3 is 3.31 bits per heavy atom. The van der Waals surface area contributed by atoms with E-state index in [4.69, 9.17) is 10.00 Å². The number of aromatic nitrogens is 1. The summed E-state index contributed by atoms with van der Waals surface area (Å²) < 4.78 is 5.51. The minimum Gasteiger partial charge on any atom is -0.377 e. The van der Waals surface area contributed by atoms with Crippen molar-refractivity contribution in [2.45, 2.75) is 25.5 Å². The predicted octanol–water partition coefficient (Wildman–Crippen LogP) is 1.22. The Bertz CT molecular complexity index is 380. The summed E-state index contributed by atoms with van der Waals surface area (Å²) in [6.45, 7) is 2.53. The van der Waals surface area contributed by atoms with E-state index in [1.54, 1.807) is 6.20 Å². The zero-order chi connectivity index (χ0) is 11.2. The van der Waals surface area contributed by atoms with Gasteiger partial charge in [0.2, 0.25) is 0 Å². The lowest BCUT2D eigenvalue weighted by atomic mass is 10.2. The van der Waals surface area contributed by atoms with Crippen LogP contribution in [0.4, 0.5) is 0 Å². The lowest BCUT2D eigenvalue weighted by molar-refractivity contribution is 0.110. The highest BCUT2D eigenvalue weighted by molar-refractivity contribution is 5.25. The van der Waals surface area contributed by atoms with Gasteiger partial charge in [-0.25, -0.2) is 4.98 Å². The average molecular weight is 217 g/mol. The largest absolute Gasteiger partial charge is 0.377 e. The Hall–Kier alpha value is -1.44. The fraction of sp³-hybridized carbons (Fsp3) is 0.500. The molecule has 0 bridgehead atoms. The van der Waals surface area contributed by atoms with Gasteiger partial charge in [-0.3, -0.25) is 0 Å². The molecule has 2 rings (SSSR count). The maximum Gasteiger partial charge on any atom is 0.140 e. The smallest absolute Gasteiger partial charge is 0.140 e. The number of ether oxygens (including phenoxy) is 1. The number of nitrogens with zero attached hydrogens (tertiary/aromatic N) is 2. The summed E-state index contributed by atoms with van der Waals surface area (Å²) in [7, 11) is 0. The monoisotopic (exact) mass is 217 g/mol. The highest BCUT2D eigenvalue weighted by atomic mass is 16.5. The second-order valence-corrected chi connectivity index (χ2v) is 3.93. The Kier molecular flexibility index (Phi) is 3.86. The fourth-order valence-corrected chi connectivity index (χ4v) is 1.83. The molecule has 1 aromatic rings. The molecule has 4 heteroatoms. The third-order valence-electron chi connectivity index (χ3n) is 2.66. The van der Waals surface area contributed by atoms with E-state index in [9.17, 15) is 0 Å². The molecule has 1 N–H and O–H groups in total. The van der Waals surface area contributed by atoms with Gasteiger partial charge in [0.05, 0.1) is 6.10 Å². The first kappa shape index (κ1) is 11.1. The van der Waals surface area contributed by atoms with Gasteiger partial charge in [0.15, 0.2) is 0 Å². The summed E-state index contributed by atoms with van der Waals surface area (Å²) >= 11 is 0. The average Bonchev–Trinajstić information content (AvgIpc) is 2.82. The minimum absolute atomic E-state index is 0.359. The summed E-state index contributed by atoms with van der Waals surface area (Å²) in [4.78, 5) is 3.93. The molecule has 1 fully saturated rings. The Labute approximate surface area is 95.3 Å². The fourth-order valence-electron chi connectivity index (χ4n) is 1.83. The summed E-state index contributed by atoms with van der Waals surface area (Å²) in [6, 6.07) is 5.76. The first-order valence-corrected chi connectivity index (χ1v) is 5.56. The Balaban J connectivity index is 1.78. The van der Waals surface area contributed by atoms with Crippen LogP contribution in [0.3, 0.4) is 0 Å². The zero-order valence-corrected chi connectivity index (χ0v) is 9.15. The van der Waals surface area contributed by atoms with E-state index in [0.717, 1.165) is 31.7 Å². The second-order valence-electron chi connectivity index (χ2n) is 3.93. The molecular weight excluding hydrogens is 202 g/mol. The number of hydrogen-bond donors (Lipinski definition) is 1. The number of hydrogen-bond acceptors (Lipinski definition) is 4. The molecule has 0 amide bonds. The third-order valence-corrected chi connectivity index (χ3v) is 2.66. The molecule has 1 unspecified atom stereocenters. The number of nitriles is 1. The quantitative estimate of drug-likeness (QED) is 0.824. The van der Waals surface area contributed by atoms with Gasteiger partial charge in [-0.05, 0) is 30.5 Å². The van der Waals surface area contributed by atoms with Gasteiger partial charge in [0.25, 0.3) is 0 Å². The van der Waals surface area contributed by atoms with Gasteiger partial charge < -0.3 is 10.1 Å². The Morgan fingerprint density at radius 2 is 2.56 bits per heavy atom. The van der Waals surface area contributed by atoms with Crippen molar-refractivity contribution >= 4 is 0 Å². The van der Waals surface area contributed by atoms with E-state index in [2.05, 4.69) is 10.3 Å². The number of pyridine rings is 1. The van der Waals surface area contributed by atoms with Crippen molar-refractivity contribution < 1.29 is 4.74 Å². The van der Waals surface area contributed by atoms with Crippen LogP contribution in [0.2, 0.25) is 0 Å². The standard InChI is InChI=1S/C12H15N3O/c13-7-11-6-10(3-4-15-11)8-14-9-12-2-1-5-16-12/h3-4,6,12,14H,1-2,5,8-9H2. The van der Waals surface area contributed by atoms with Crippen LogP contribution in [-0.2, 0) is 11.3 Å². The van der Waals surface area contributed by atoms with Crippen molar-refractivity contribution in [2.24, 2.45) is 0 Å². The van der Waals surface area contributed by atoms with Crippen molar-refractivity contribution in [3.05, 3.63) is 29.6 Å². The van der Waals surface area contributed by atoms with Gasteiger partial charge in [-0.15, -0.1) is 0 Å². The first-order valence-electron chi connectivity index (χ1n) is 5.56. The zero-order valence-electron chi connectivity index (χ0n) is 9.15. The number of rotatable bonds is 4. The van der Waals surface area contributed by atoms with Crippen LogP contribution in [-0.4, -0.2) is 24.2 Å². The van der Waals surface area contributed by atoms with Gasteiger partial charge in [-0.1, -0.05) is 0 Å². The van der Waals surface area contributed by atoms with E-state index in [1.165, 1.54) is 6.42 Å². The molecular formula is C12H15N3O. The van der Waals surface area contributed by atoms with Crippen molar-refractivity contribution in [1.29, 1.82) is 5.26 Å². The van der Waals surface area contributed by atoms with Crippen LogP contribution >= 0.6 is 0 Å². The van der Waals surface area contributed by atoms with E-state index in [1.807, 2.05) is 18.2 Å². The SMILES string of the molecule is N#Cc1cc(CNCC2CCCO2)ccn1. The van der Waals surface area contributed by atoms with Crippen LogP contribution in [0.5, 0.6) is 0 Å². The normalized spacial score (nSPS) is 19.6. The second kappa shape index (κ2) is 5.59. The molecule has 1 aliphatic rings. The molecule has 0 aromatic carbocycles. The van der Waals surface area contributed by atoms with Gasteiger partial charge in [-0.2, -0.15) is 5.26 Å². The Morgan fingerprint density at radius 1 is 1.62 bits per heavy atom. The summed E-state index contributed by atoms with van der Waals surface area (Å²) in [5.74, 6) is 0. The minimum atomic E-state index is 0.359. The molecule has 0 aliphatic carbocycles. The van der Waals surface area contributed by atoms with Gasteiger partial charge in [0, 0.05) is 25.9 Å². The maximum atomic E-state index is 8.71. The van der Waals surface area contributed by atoms with Crippen molar-refractivity contribution in [3.63, 3.8) is 0 Å². The molecule has 2 heterocycles. The molecule has 4 nitrogen and oxygen atoms in total. The topological polar surface area (TPSA) is 57.9 Å². The summed E-state index contributed by atoms with van der Waals surface area (Å²) in [5.41, 5.74) is 1.56. The van der Waals surface area contributed by atoms with Crippen molar-refractivity contribution in [2.75, 3.05) is 13.2 Å². The summed E-state index contributed by atoms with van der Waals surface area (Å²) in [5, 5.41) is 12.0. The first-order chi connectivity index (χ1) is 7.88. The third kappa shape index (κ3) is 3.02. The van der Waals surface area contributed by atoms with Crippen molar-refractivity contribution in [3.8, 4) is 6.07 Å². The molecule has 1 aliphatic heterocycles. The molecule has 16 heavy (non-hydrogen) atoms. The molecule has 0 saturated carbocycles. The molecule has 84 valence electrons. The van der Waals surface area contributed by atoms with E-state index in [-0.39, 0.29) is 0 Å². The van der Waals surface area contributed by atoms with Crippen molar-refractivity contribution in [1.82, 2.24) is 10.3 Å². The van der Waals surface area contributed by atoms with E-state index < -0.39 is 0 Å². The van der Waals surface area contributed by atoms with E-state index in [0.29, 0.717) is 11.8 Å². The van der Waals surface area contributed by atoms with Crippen LogP contribution < -0.4 is 5.32 Å². The molecule has 1 saturated heterocycles. The van der Waals surface area contributed by atoms with E-state index >= 15 is 0 Å². The highest BCUT2D eigenvalue weighted by Crippen LogP contribution is 2.10. The summed E-state index contributed by atoms with van der Waals surface area (Å²) in [6.07, 6.45) is 4.34. The van der Waals surface area contributed by atoms with Crippen LogP contribution in [0.25, 0.3) is 0 Å². The van der Waals surface area contributed by atoms with Crippen LogP contribution in [0, 0.1) is 11.3 Å². The lowest BCUT2D eigenvalue weighted by Crippen LogP contribution is -2.25. The molecule has 1 aromatic heterocycles. The predicted molar refractivity (Wildman–Crippen MR) is 59.6 cm³/mol. The molecule has 0 spiro atoms. The molecule has 0 radical (unpaired) electrons. The van der Waals surface area contributed by atoms with Crippen LogP contribution in [0.15, 0.2) is 18.3 Å².